The number of nitrogens with zero attached hydrogens (tertiary/aromatic N) is 2. The van der Waals surface area contributed by atoms with Gasteiger partial charge < -0.3 is 20.6 Å². The molecule has 2 aliphatic heterocycles. The van der Waals surface area contributed by atoms with Crippen molar-refractivity contribution in [3.63, 3.8) is 0 Å². The average Bonchev–Trinajstić information content (AvgIpc) is 3.32. The summed E-state index contributed by atoms with van der Waals surface area (Å²) in [5.41, 5.74) is 0.662. The first-order chi connectivity index (χ1) is 17.2. The Bertz CT molecular complexity index is 1090. The van der Waals surface area contributed by atoms with Crippen molar-refractivity contribution in [2.45, 2.75) is 50.7 Å². The first-order valence-corrected chi connectivity index (χ1v) is 12.4. The third kappa shape index (κ3) is 6.54. The van der Waals surface area contributed by atoms with E-state index in [2.05, 4.69) is 27.7 Å². The van der Waals surface area contributed by atoms with Crippen LogP contribution in [0.2, 0.25) is 0 Å². The summed E-state index contributed by atoms with van der Waals surface area (Å²) in [5.74, 6) is -0.851. The Labute approximate surface area is 208 Å². The van der Waals surface area contributed by atoms with Crippen LogP contribution >= 0.6 is 0 Å². The largest absolute Gasteiger partial charge is 0.480 e. The Kier molecular flexibility index (Phi) is 8.13. The van der Waals surface area contributed by atoms with E-state index in [1.54, 1.807) is 0 Å². The van der Waals surface area contributed by atoms with Gasteiger partial charge in [-0.2, -0.15) is 13.2 Å². The second kappa shape index (κ2) is 11.3. The molecular weight excluding hydrogens is 473 g/mol. The highest BCUT2D eigenvalue weighted by Crippen LogP contribution is 2.32. The van der Waals surface area contributed by atoms with E-state index in [0.717, 1.165) is 75.4 Å². The number of fused-ring (bicyclic) bond motifs is 1. The summed E-state index contributed by atoms with van der Waals surface area (Å²) >= 11 is 0. The van der Waals surface area contributed by atoms with Crippen molar-refractivity contribution in [1.82, 2.24) is 15.2 Å². The molecule has 0 aliphatic carbocycles. The summed E-state index contributed by atoms with van der Waals surface area (Å²) < 4.78 is 39.7. The zero-order valence-electron chi connectivity index (χ0n) is 20.0. The molecule has 10 heteroatoms. The summed E-state index contributed by atoms with van der Waals surface area (Å²) in [6, 6.07) is 7.34. The van der Waals surface area contributed by atoms with E-state index in [9.17, 15) is 27.9 Å². The fraction of sp³-hybridized carbons (Fsp3) is 0.500. The molecule has 0 spiro atoms. The Morgan fingerprint density at radius 2 is 2.03 bits per heavy atom. The number of pyridine rings is 1. The summed E-state index contributed by atoms with van der Waals surface area (Å²) in [5, 5.41) is 15.2. The number of aliphatic carboxylic acids is 1. The number of nitrogens with one attached hydrogen (secondary N) is 2. The second-order valence-corrected chi connectivity index (χ2v) is 9.53. The third-order valence-corrected chi connectivity index (χ3v) is 6.95. The first-order valence-electron chi connectivity index (χ1n) is 12.4. The van der Waals surface area contributed by atoms with Gasteiger partial charge in [0.25, 0.3) is 5.91 Å². The Hall–Kier alpha value is -3.14. The zero-order valence-corrected chi connectivity index (χ0v) is 20.0. The number of carbonyl (C=O) groups is 2. The lowest BCUT2D eigenvalue weighted by Crippen LogP contribution is -2.43. The number of halogens is 3. The minimum Gasteiger partial charge on any atom is -0.480 e. The molecule has 7 nitrogen and oxygen atoms in total. The van der Waals surface area contributed by atoms with Gasteiger partial charge in [0.1, 0.15) is 11.9 Å². The van der Waals surface area contributed by atoms with E-state index in [1.165, 1.54) is 17.7 Å². The molecule has 1 aromatic heterocycles. The fourth-order valence-electron chi connectivity index (χ4n) is 4.95. The Morgan fingerprint density at radius 1 is 1.22 bits per heavy atom. The molecule has 1 fully saturated rings. The molecule has 4 rings (SSSR count). The van der Waals surface area contributed by atoms with Gasteiger partial charge in [-0.15, -0.1) is 0 Å². The molecular formula is C26H31F3N4O3. The van der Waals surface area contributed by atoms with Gasteiger partial charge >= 0.3 is 12.1 Å². The van der Waals surface area contributed by atoms with Crippen LogP contribution in [0, 0.1) is 5.92 Å². The lowest BCUT2D eigenvalue weighted by atomic mass is 10.00. The van der Waals surface area contributed by atoms with Crippen molar-refractivity contribution in [2.24, 2.45) is 5.92 Å². The molecule has 3 heterocycles. The molecule has 3 N–H and O–H groups in total. The number of carbonyl (C=O) groups excluding carboxylic acids is 1. The van der Waals surface area contributed by atoms with E-state index < -0.39 is 35.2 Å². The summed E-state index contributed by atoms with van der Waals surface area (Å²) in [6.07, 6.45) is 0.434. The number of aromatic nitrogens is 1. The summed E-state index contributed by atoms with van der Waals surface area (Å²) in [7, 11) is 0. The van der Waals surface area contributed by atoms with Crippen LogP contribution in [0.15, 0.2) is 36.4 Å². The molecule has 1 aromatic carbocycles. The quantitative estimate of drug-likeness (QED) is 0.478. The Balaban J connectivity index is 1.26. The molecule has 1 saturated heterocycles. The van der Waals surface area contributed by atoms with Crippen LogP contribution < -0.4 is 10.6 Å². The minimum absolute atomic E-state index is 0.111. The van der Waals surface area contributed by atoms with E-state index >= 15 is 0 Å². The van der Waals surface area contributed by atoms with Gasteiger partial charge in [0.05, 0.1) is 11.1 Å². The number of likely N-dealkylation sites (tertiary alicyclic amines) is 1. The van der Waals surface area contributed by atoms with Crippen LogP contribution in [0.25, 0.3) is 0 Å². The maximum Gasteiger partial charge on any atom is 0.417 e. The number of rotatable bonds is 9. The SMILES string of the molecule is O=C(NC(CCN1CC[C@@H](CCc2ccc3c(n2)NCCC3)C1)C(=O)O)c1ccccc1C(F)(F)F. The molecule has 0 bridgehead atoms. The highest BCUT2D eigenvalue weighted by molar-refractivity contribution is 5.98. The second-order valence-electron chi connectivity index (χ2n) is 9.53. The van der Waals surface area contributed by atoms with Crippen LogP contribution in [0.1, 0.15) is 52.9 Å². The van der Waals surface area contributed by atoms with Crippen LogP contribution in [-0.4, -0.2) is 59.1 Å². The number of carboxylic acids is 1. The van der Waals surface area contributed by atoms with Gasteiger partial charge in [0.2, 0.25) is 0 Å². The summed E-state index contributed by atoms with van der Waals surface area (Å²) in [6.45, 7) is 3.03. The molecule has 0 saturated carbocycles. The van der Waals surface area contributed by atoms with Crippen molar-refractivity contribution in [3.8, 4) is 0 Å². The van der Waals surface area contributed by atoms with Gasteiger partial charge in [-0.25, -0.2) is 9.78 Å². The van der Waals surface area contributed by atoms with Gasteiger partial charge in [-0.05, 0) is 74.8 Å². The van der Waals surface area contributed by atoms with Crippen LogP contribution in [0.5, 0.6) is 0 Å². The molecule has 1 unspecified atom stereocenters. The van der Waals surface area contributed by atoms with Gasteiger partial charge in [0.15, 0.2) is 0 Å². The van der Waals surface area contributed by atoms with Gasteiger partial charge in [-0.1, -0.05) is 18.2 Å². The summed E-state index contributed by atoms with van der Waals surface area (Å²) in [4.78, 5) is 31.1. The normalized spacial score (nSPS) is 18.8. The predicted molar refractivity (Wildman–Crippen MR) is 129 cm³/mol. The van der Waals surface area contributed by atoms with Crippen LogP contribution in [0.4, 0.5) is 19.0 Å². The topological polar surface area (TPSA) is 94.6 Å². The molecule has 1 amide bonds. The zero-order chi connectivity index (χ0) is 25.7. The first kappa shape index (κ1) is 25.9. The van der Waals surface area contributed by atoms with Crippen molar-refractivity contribution in [2.75, 3.05) is 31.5 Å². The molecule has 0 radical (unpaired) electrons. The highest BCUT2D eigenvalue weighted by Gasteiger charge is 2.35. The van der Waals surface area contributed by atoms with Crippen LogP contribution in [-0.2, 0) is 23.8 Å². The van der Waals surface area contributed by atoms with E-state index in [0.29, 0.717) is 12.5 Å². The molecule has 194 valence electrons. The van der Waals surface area contributed by atoms with Gasteiger partial charge in [-0.3, -0.25) is 4.79 Å². The molecule has 2 aromatic rings. The molecule has 2 aliphatic rings. The van der Waals surface area contributed by atoms with Crippen LogP contribution in [0.3, 0.4) is 0 Å². The maximum atomic E-state index is 13.2. The van der Waals surface area contributed by atoms with Gasteiger partial charge in [0, 0.05) is 25.3 Å². The lowest BCUT2D eigenvalue weighted by Gasteiger charge is -2.21. The molecule has 2 atom stereocenters. The van der Waals surface area contributed by atoms with E-state index in [1.807, 2.05) is 0 Å². The van der Waals surface area contributed by atoms with E-state index in [-0.39, 0.29) is 6.42 Å². The fourth-order valence-corrected chi connectivity index (χ4v) is 4.95. The lowest BCUT2D eigenvalue weighted by molar-refractivity contribution is -0.139. The van der Waals surface area contributed by atoms with Crippen molar-refractivity contribution in [3.05, 3.63) is 58.8 Å². The average molecular weight is 505 g/mol. The van der Waals surface area contributed by atoms with Crippen molar-refractivity contribution < 1.29 is 27.9 Å². The maximum absolute atomic E-state index is 13.2. The van der Waals surface area contributed by atoms with E-state index in [4.69, 9.17) is 4.98 Å². The number of carboxylic acid groups (broad SMARTS) is 1. The monoisotopic (exact) mass is 504 g/mol. The number of benzene rings is 1. The number of amides is 1. The number of alkyl halides is 3. The molecule has 36 heavy (non-hydrogen) atoms. The number of anilines is 1. The Morgan fingerprint density at radius 3 is 2.81 bits per heavy atom. The third-order valence-electron chi connectivity index (χ3n) is 6.95. The predicted octanol–water partition coefficient (Wildman–Crippen LogP) is 3.99. The smallest absolute Gasteiger partial charge is 0.417 e. The number of aryl methyl sites for hydroxylation is 2. The van der Waals surface area contributed by atoms with Crippen molar-refractivity contribution >= 4 is 17.7 Å². The highest BCUT2D eigenvalue weighted by atomic mass is 19.4. The minimum atomic E-state index is -4.71. The number of hydrogen-bond acceptors (Lipinski definition) is 5. The van der Waals surface area contributed by atoms with Crippen molar-refractivity contribution in [1.29, 1.82) is 0 Å². The number of hydrogen-bond donors (Lipinski definition) is 3. The standard InChI is InChI=1S/C26H31F3N4O3/c27-26(28,29)21-6-2-1-5-20(21)24(34)32-22(25(35)36)12-15-33-14-11-17(16-33)7-9-19-10-8-18-4-3-13-30-23(18)31-19/h1-2,5-6,8,10,17,22H,3-4,7,9,11-16H2,(H,30,31)(H,32,34)(H,35,36)/t17-,22?/m1/s1.